The molecule has 20 heavy (non-hydrogen) atoms. The Labute approximate surface area is 118 Å². The zero-order chi connectivity index (χ0) is 13.9. The van der Waals surface area contributed by atoms with E-state index >= 15 is 0 Å². The SMILES string of the molecule is COc1cc(-c2cnn(CC3CC3)c2)ccc1CC#N. The summed E-state index contributed by atoms with van der Waals surface area (Å²) in [6.07, 6.45) is 6.99. The van der Waals surface area contributed by atoms with E-state index in [2.05, 4.69) is 17.4 Å². The number of ether oxygens (including phenoxy) is 1. The van der Waals surface area contributed by atoms with Crippen molar-refractivity contribution in [1.82, 2.24) is 9.78 Å². The maximum absolute atomic E-state index is 8.80. The zero-order valence-corrected chi connectivity index (χ0v) is 11.5. The van der Waals surface area contributed by atoms with Gasteiger partial charge in [-0.25, -0.2) is 0 Å². The van der Waals surface area contributed by atoms with Crippen LogP contribution in [-0.2, 0) is 13.0 Å². The summed E-state index contributed by atoms with van der Waals surface area (Å²) >= 11 is 0. The van der Waals surface area contributed by atoms with Crippen molar-refractivity contribution < 1.29 is 4.74 Å². The summed E-state index contributed by atoms with van der Waals surface area (Å²) in [5, 5.41) is 13.2. The molecule has 2 aromatic rings. The summed E-state index contributed by atoms with van der Waals surface area (Å²) in [6, 6.07) is 8.11. The standard InChI is InChI=1S/C16H17N3O/c1-20-16-8-14(5-4-13(16)6-7-17)15-9-18-19(11-15)10-12-2-3-12/h4-5,8-9,11-12H,2-3,6,10H2,1H3. The number of benzene rings is 1. The molecule has 4 heteroatoms. The summed E-state index contributed by atoms with van der Waals surface area (Å²) in [7, 11) is 1.64. The molecular weight excluding hydrogens is 250 g/mol. The van der Waals surface area contributed by atoms with Gasteiger partial charge in [-0.2, -0.15) is 10.4 Å². The summed E-state index contributed by atoms with van der Waals surface area (Å²) in [6.45, 7) is 1.02. The minimum absolute atomic E-state index is 0.365. The van der Waals surface area contributed by atoms with E-state index in [4.69, 9.17) is 10.00 Å². The molecule has 1 aliphatic carbocycles. The number of hydrogen-bond acceptors (Lipinski definition) is 3. The summed E-state index contributed by atoms with van der Waals surface area (Å²) < 4.78 is 7.38. The van der Waals surface area contributed by atoms with E-state index in [0.717, 1.165) is 34.9 Å². The number of rotatable bonds is 5. The van der Waals surface area contributed by atoms with Gasteiger partial charge in [-0.3, -0.25) is 4.68 Å². The van der Waals surface area contributed by atoms with Crippen LogP contribution >= 0.6 is 0 Å². The Morgan fingerprint density at radius 1 is 1.40 bits per heavy atom. The second-order valence-corrected chi connectivity index (χ2v) is 5.26. The van der Waals surface area contributed by atoms with Gasteiger partial charge in [-0.15, -0.1) is 0 Å². The molecule has 0 unspecified atom stereocenters. The quantitative estimate of drug-likeness (QED) is 0.836. The molecular formula is C16H17N3O. The molecule has 0 N–H and O–H groups in total. The van der Waals surface area contributed by atoms with Crippen molar-refractivity contribution in [2.45, 2.75) is 25.8 Å². The normalized spacial score (nSPS) is 14.0. The van der Waals surface area contributed by atoms with Gasteiger partial charge in [0.05, 0.1) is 25.8 Å². The van der Waals surface area contributed by atoms with E-state index in [1.165, 1.54) is 12.8 Å². The van der Waals surface area contributed by atoms with E-state index in [1.54, 1.807) is 7.11 Å². The number of nitrogens with zero attached hydrogens (tertiary/aromatic N) is 3. The van der Waals surface area contributed by atoms with E-state index in [0.29, 0.717) is 6.42 Å². The lowest BCUT2D eigenvalue weighted by molar-refractivity contribution is 0.411. The third-order valence-corrected chi connectivity index (χ3v) is 3.67. The first-order valence-corrected chi connectivity index (χ1v) is 6.87. The van der Waals surface area contributed by atoms with E-state index in [1.807, 2.05) is 29.1 Å². The fraction of sp³-hybridized carbons (Fsp3) is 0.375. The Morgan fingerprint density at radius 2 is 2.25 bits per heavy atom. The molecule has 1 fully saturated rings. The highest BCUT2D eigenvalue weighted by molar-refractivity contribution is 5.65. The molecule has 0 spiro atoms. The first-order valence-electron chi connectivity index (χ1n) is 6.87. The smallest absolute Gasteiger partial charge is 0.123 e. The molecule has 0 amide bonds. The van der Waals surface area contributed by atoms with Crippen LogP contribution in [0.1, 0.15) is 18.4 Å². The molecule has 0 aliphatic heterocycles. The molecule has 1 aliphatic rings. The minimum atomic E-state index is 0.365. The third-order valence-electron chi connectivity index (χ3n) is 3.67. The molecule has 3 rings (SSSR count). The lowest BCUT2D eigenvalue weighted by Gasteiger charge is -2.07. The topological polar surface area (TPSA) is 50.8 Å². The van der Waals surface area contributed by atoms with Crippen LogP contribution in [0.15, 0.2) is 30.6 Å². The molecule has 0 bridgehead atoms. The number of hydrogen-bond donors (Lipinski definition) is 0. The van der Waals surface area contributed by atoms with Crippen LogP contribution in [0, 0.1) is 17.2 Å². The van der Waals surface area contributed by atoms with Gasteiger partial charge in [0, 0.05) is 23.9 Å². The fourth-order valence-corrected chi connectivity index (χ4v) is 2.33. The van der Waals surface area contributed by atoms with E-state index in [9.17, 15) is 0 Å². The molecule has 1 saturated carbocycles. The van der Waals surface area contributed by atoms with Crippen molar-refractivity contribution in [3.05, 3.63) is 36.2 Å². The maximum atomic E-state index is 8.80. The maximum Gasteiger partial charge on any atom is 0.123 e. The lowest BCUT2D eigenvalue weighted by atomic mass is 10.0. The Morgan fingerprint density at radius 3 is 2.95 bits per heavy atom. The molecule has 0 atom stereocenters. The van der Waals surface area contributed by atoms with Crippen LogP contribution in [0.4, 0.5) is 0 Å². The van der Waals surface area contributed by atoms with E-state index in [-0.39, 0.29) is 0 Å². The summed E-state index contributed by atoms with van der Waals surface area (Å²) in [5.41, 5.74) is 3.09. The molecule has 102 valence electrons. The van der Waals surface area contributed by atoms with Gasteiger partial charge in [0.2, 0.25) is 0 Å². The van der Waals surface area contributed by atoms with Gasteiger partial charge >= 0.3 is 0 Å². The lowest BCUT2D eigenvalue weighted by Crippen LogP contribution is -1.99. The average molecular weight is 267 g/mol. The molecule has 1 aromatic heterocycles. The summed E-state index contributed by atoms with van der Waals surface area (Å²) in [5.74, 6) is 1.58. The zero-order valence-electron chi connectivity index (χ0n) is 11.5. The average Bonchev–Trinajstić information content (AvgIpc) is 3.15. The Bertz CT molecular complexity index is 650. The fourth-order valence-electron chi connectivity index (χ4n) is 2.33. The predicted octanol–water partition coefficient (Wildman–Crippen LogP) is 3.03. The highest BCUT2D eigenvalue weighted by Crippen LogP contribution is 2.31. The van der Waals surface area contributed by atoms with Gasteiger partial charge < -0.3 is 4.74 Å². The van der Waals surface area contributed by atoms with Crippen molar-refractivity contribution >= 4 is 0 Å². The van der Waals surface area contributed by atoms with Crippen LogP contribution in [0.3, 0.4) is 0 Å². The van der Waals surface area contributed by atoms with Crippen molar-refractivity contribution in [2.24, 2.45) is 5.92 Å². The molecule has 4 nitrogen and oxygen atoms in total. The summed E-state index contributed by atoms with van der Waals surface area (Å²) in [4.78, 5) is 0. The van der Waals surface area contributed by atoms with Crippen LogP contribution in [0.2, 0.25) is 0 Å². The van der Waals surface area contributed by atoms with Gasteiger partial charge in [-0.1, -0.05) is 12.1 Å². The third kappa shape index (κ3) is 2.67. The Kier molecular flexibility index (Phi) is 3.42. The second-order valence-electron chi connectivity index (χ2n) is 5.26. The molecule has 0 radical (unpaired) electrons. The molecule has 0 saturated heterocycles. The van der Waals surface area contributed by atoms with Crippen molar-refractivity contribution in [3.63, 3.8) is 0 Å². The van der Waals surface area contributed by atoms with Crippen LogP contribution in [0.5, 0.6) is 5.75 Å². The van der Waals surface area contributed by atoms with E-state index < -0.39 is 0 Å². The van der Waals surface area contributed by atoms with Crippen molar-refractivity contribution in [2.75, 3.05) is 7.11 Å². The highest BCUT2D eigenvalue weighted by atomic mass is 16.5. The molecule has 1 aromatic carbocycles. The van der Waals surface area contributed by atoms with Gasteiger partial charge in [0.1, 0.15) is 5.75 Å². The van der Waals surface area contributed by atoms with Crippen molar-refractivity contribution in [1.29, 1.82) is 5.26 Å². The predicted molar refractivity (Wildman–Crippen MR) is 76.3 cm³/mol. The number of aromatic nitrogens is 2. The first kappa shape index (κ1) is 12.7. The molecule has 1 heterocycles. The second kappa shape index (κ2) is 5.38. The minimum Gasteiger partial charge on any atom is -0.496 e. The first-order chi connectivity index (χ1) is 9.80. The van der Waals surface area contributed by atoms with Gasteiger partial charge in [-0.05, 0) is 30.4 Å². The highest BCUT2D eigenvalue weighted by Gasteiger charge is 2.22. The van der Waals surface area contributed by atoms with Gasteiger partial charge in [0.25, 0.3) is 0 Å². The van der Waals surface area contributed by atoms with Crippen molar-refractivity contribution in [3.8, 4) is 22.9 Å². The van der Waals surface area contributed by atoms with Crippen LogP contribution in [-0.4, -0.2) is 16.9 Å². The number of nitriles is 1. The van der Waals surface area contributed by atoms with Gasteiger partial charge in [0.15, 0.2) is 0 Å². The largest absolute Gasteiger partial charge is 0.496 e. The number of methoxy groups -OCH3 is 1. The monoisotopic (exact) mass is 267 g/mol. The Hall–Kier alpha value is -2.28. The van der Waals surface area contributed by atoms with Crippen LogP contribution < -0.4 is 4.74 Å². The Balaban J connectivity index is 1.85. The van der Waals surface area contributed by atoms with Crippen LogP contribution in [0.25, 0.3) is 11.1 Å².